The van der Waals surface area contributed by atoms with Crippen molar-refractivity contribution >= 4 is 0 Å². The summed E-state index contributed by atoms with van der Waals surface area (Å²) in [7, 11) is 0. The Morgan fingerprint density at radius 2 is 2.12 bits per heavy atom. The second-order valence-electron chi connectivity index (χ2n) is 3.06. The lowest BCUT2D eigenvalue weighted by molar-refractivity contribution is 0.290. The summed E-state index contributed by atoms with van der Waals surface area (Å²) in [4.78, 5) is 0. The zero-order chi connectivity index (χ0) is 5.78. The van der Waals surface area contributed by atoms with Gasteiger partial charge in [-0.1, -0.05) is 0 Å². The normalized spacial score (nSPS) is 54.0. The van der Waals surface area contributed by atoms with Gasteiger partial charge in [-0.2, -0.15) is 0 Å². The summed E-state index contributed by atoms with van der Waals surface area (Å²) in [5.41, 5.74) is 0.208. The van der Waals surface area contributed by atoms with Crippen molar-refractivity contribution in [2.24, 2.45) is 5.92 Å². The standard InChI is InChI=1S/C7H11O/c1-5-7(2,8-5)6-3-4-6/h5-6H,1,3-4H2,2H3. The summed E-state index contributed by atoms with van der Waals surface area (Å²) in [6.07, 6.45) is 3.03. The lowest BCUT2D eigenvalue weighted by Crippen LogP contribution is -2.09. The van der Waals surface area contributed by atoms with Crippen molar-refractivity contribution < 1.29 is 4.74 Å². The first kappa shape index (κ1) is 4.80. The molecule has 2 rings (SSSR count). The molecule has 8 heavy (non-hydrogen) atoms. The molecule has 1 saturated carbocycles. The lowest BCUT2D eigenvalue weighted by Gasteiger charge is -1.97. The molecule has 2 fully saturated rings. The Labute approximate surface area is 50.0 Å². The van der Waals surface area contributed by atoms with Crippen molar-refractivity contribution in [3.8, 4) is 0 Å². The van der Waals surface area contributed by atoms with Gasteiger partial charge in [0.15, 0.2) is 0 Å². The SMILES string of the molecule is [CH2]C1OC1(C)C1CC1. The minimum absolute atomic E-state index is 0.208. The Bertz CT molecular complexity index is 118. The van der Waals surface area contributed by atoms with Crippen molar-refractivity contribution in [3.63, 3.8) is 0 Å². The predicted molar refractivity (Wildman–Crippen MR) is 31.4 cm³/mol. The summed E-state index contributed by atoms with van der Waals surface area (Å²) < 4.78 is 5.32. The van der Waals surface area contributed by atoms with E-state index < -0.39 is 0 Å². The van der Waals surface area contributed by atoms with Crippen LogP contribution in [-0.2, 0) is 4.74 Å². The molecule has 0 aromatic rings. The van der Waals surface area contributed by atoms with E-state index in [1.54, 1.807) is 0 Å². The minimum atomic E-state index is 0.208. The van der Waals surface area contributed by atoms with E-state index >= 15 is 0 Å². The topological polar surface area (TPSA) is 12.5 Å². The van der Waals surface area contributed by atoms with Gasteiger partial charge in [-0.15, -0.1) is 0 Å². The van der Waals surface area contributed by atoms with Crippen molar-refractivity contribution in [2.75, 3.05) is 0 Å². The number of hydrogen-bond acceptors (Lipinski definition) is 1. The van der Waals surface area contributed by atoms with E-state index in [0.717, 1.165) is 5.92 Å². The van der Waals surface area contributed by atoms with E-state index in [2.05, 4.69) is 13.8 Å². The Morgan fingerprint density at radius 1 is 1.62 bits per heavy atom. The molecular formula is C7H11O. The van der Waals surface area contributed by atoms with Crippen molar-refractivity contribution in [1.82, 2.24) is 0 Å². The fraction of sp³-hybridized carbons (Fsp3) is 0.857. The maximum Gasteiger partial charge on any atom is 0.0948 e. The number of hydrogen-bond donors (Lipinski definition) is 0. The van der Waals surface area contributed by atoms with E-state index in [1.807, 2.05) is 0 Å². The van der Waals surface area contributed by atoms with Gasteiger partial charge in [0, 0.05) is 0 Å². The van der Waals surface area contributed by atoms with Crippen LogP contribution >= 0.6 is 0 Å². The molecule has 1 heteroatoms. The molecule has 1 nitrogen and oxygen atoms in total. The zero-order valence-corrected chi connectivity index (χ0v) is 5.18. The van der Waals surface area contributed by atoms with E-state index in [1.165, 1.54) is 12.8 Å². The number of epoxide rings is 1. The highest BCUT2D eigenvalue weighted by atomic mass is 16.6. The molecule has 0 bridgehead atoms. The highest BCUT2D eigenvalue weighted by Gasteiger charge is 2.58. The van der Waals surface area contributed by atoms with Crippen molar-refractivity contribution in [1.29, 1.82) is 0 Å². The maximum absolute atomic E-state index is 5.32. The summed E-state index contributed by atoms with van der Waals surface area (Å²) in [6.45, 7) is 6.01. The fourth-order valence-electron chi connectivity index (χ4n) is 1.29. The first-order chi connectivity index (χ1) is 3.73. The molecule has 1 saturated heterocycles. The molecule has 2 atom stereocenters. The van der Waals surface area contributed by atoms with Gasteiger partial charge in [-0.3, -0.25) is 0 Å². The number of rotatable bonds is 1. The smallest absolute Gasteiger partial charge is 0.0948 e. The molecule has 0 amide bonds. The molecular weight excluding hydrogens is 100 g/mol. The fourth-order valence-corrected chi connectivity index (χ4v) is 1.29. The third-order valence-electron chi connectivity index (χ3n) is 2.37. The van der Waals surface area contributed by atoms with Gasteiger partial charge < -0.3 is 4.74 Å². The molecule has 0 spiro atoms. The average molecular weight is 111 g/mol. The van der Waals surface area contributed by atoms with Crippen LogP contribution < -0.4 is 0 Å². The molecule has 0 aromatic carbocycles. The van der Waals surface area contributed by atoms with E-state index in [9.17, 15) is 0 Å². The van der Waals surface area contributed by atoms with Crippen LogP contribution in [0.5, 0.6) is 0 Å². The third-order valence-corrected chi connectivity index (χ3v) is 2.37. The second-order valence-corrected chi connectivity index (χ2v) is 3.06. The van der Waals surface area contributed by atoms with Gasteiger partial charge in [0.25, 0.3) is 0 Å². The van der Waals surface area contributed by atoms with Crippen molar-refractivity contribution in [2.45, 2.75) is 31.5 Å². The van der Waals surface area contributed by atoms with E-state index in [0.29, 0.717) is 6.10 Å². The molecule has 0 N–H and O–H groups in total. The zero-order valence-electron chi connectivity index (χ0n) is 5.18. The summed E-state index contributed by atoms with van der Waals surface area (Å²) in [5, 5.41) is 0. The van der Waals surface area contributed by atoms with Gasteiger partial charge in [-0.05, 0) is 32.6 Å². The van der Waals surface area contributed by atoms with Gasteiger partial charge >= 0.3 is 0 Å². The van der Waals surface area contributed by atoms with Crippen molar-refractivity contribution in [3.05, 3.63) is 6.92 Å². The van der Waals surface area contributed by atoms with Gasteiger partial charge in [-0.25, -0.2) is 0 Å². The van der Waals surface area contributed by atoms with Gasteiger partial charge in [0.05, 0.1) is 11.7 Å². The minimum Gasteiger partial charge on any atom is -0.366 e. The van der Waals surface area contributed by atoms with E-state index in [4.69, 9.17) is 4.74 Å². The molecule has 1 aliphatic heterocycles. The van der Waals surface area contributed by atoms with Gasteiger partial charge in [0.1, 0.15) is 0 Å². The van der Waals surface area contributed by atoms with Crippen LogP contribution in [0.2, 0.25) is 0 Å². The van der Waals surface area contributed by atoms with Crippen LogP contribution in [0.4, 0.5) is 0 Å². The van der Waals surface area contributed by atoms with Crippen LogP contribution in [0.15, 0.2) is 0 Å². The van der Waals surface area contributed by atoms with Crippen LogP contribution in [0, 0.1) is 12.8 Å². The molecule has 0 aromatic heterocycles. The molecule has 45 valence electrons. The Balaban J connectivity index is 2.04. The average Bonchev–Trinajstić information content (AvgIpc) is 2.44. The second kappa shape index (κ2) is 1.10. The molecule has 2 unspecified atom stereocenters. The highest BCUT2D eigenvalue weighted by Crippen LogP contribution is 2.53. The molecule has 2 aliphatic rings. The number of ether oxygens (including phenoxy) is 1. The monoisotopic (exact) mass is 111 g/mol. The summed E-state index contributed by atoms with van der Waals surface area (Å²) >= 11 is 0. The van der Waals surface area contributed by atoms with Crippen LogP contribution in [0.1, 0.15) is 19.8 Å². The van der Waals surface area contributed by atoms with Gasteiger partial charge in [0.2, 0.25) is 0 Å². The first-order valence-electron chi connectivity index (χ1n) is 3.24. The van der Waals surface area contributed by atoms with E-state index in [-0.39, 0.29) is 5.60 Å². The molecule has 1 heterocycles. The maximum atomic E-state index is 5.32. The first-order valence-corrected chi connectivity index (χ1v) is 3.24. The van der Waals surface area contributed by atoms with Crippen LogP contribution in [-0.4, -0.2) is 11.7 Å². The summed E-state index contributed by atoms with van der Waals surface area (Å²) in [6, 6.07) is 0. The third kappa shape index (κ3) is 0.455. The quantitative estimate of drug-likeness (QED) is 0.466. The Kier molecular flexibility index (Phi) is 0.663. The summed E-state index contributed by atoms with van der Waals surface area (Å²) in [5.74, 6) is 0.852. The largest absolute Gasteiger partial charge is 0.366 e. The Hall–Kier alpha value is -0.0400. The lowest BCUT2D eigenvalue weighted by atomic mass is 10.0. The highest BCUT2D eigenvalue weighted by molar-refractivity contribution is 5.09. The Morgan fingerprint density at radius 3 is 2.25 bits per heavy atom. The molecule has 1 aliphatic carbocycles. The predicted octanol–water partition coefficient (Wildman–Crippen LogP) is 1.39. The van der Waals surface area contributed by atoms with Crippen LogP contribution in [0.3, 0.4) is 0 Å². The molecule has 1 radical (unpaired) electrons. The van der Waals surface area contributed by atoms with Crippen LogP contribution in [0.25, 0.3) is 0 Å².